The average molecular weight is 335 g/mol. The van der Waals surface area contributed by atoms with Gasteiger partial charge in [-0.2, -0.15) is 5.10 Å². The average Bonchev–Trinajstić information content (AvgIpc) is 3.26. The van der Waals surface area contributed by atoms with Gasteiger partial charge in [0.05, 0.1) is 23.6 Å². The van der Waals surface area contributed by atoms with E-state index < -0.39 is 11.6 Å². The van der Waals surface area contributed by atoms with E-state index in [4.69, 9.17) is 0 Å². The fraction of sp³-hybridized carbons (Fsp3) is 0.412. The van der Waals surface area contributed by atoms with Crippen LogP contribution in [0.3, 0.4) is 0 Å². The summed E-state index contributed by atoms with van der Waals surface area (Å²) < 4.78 is 28.4. The summed E-state index contributed by atoms with van der Waals surface area (Å²) in [6, 6.07) is 3.22. The smallest absolute Gasteiger partial charge is 0.255 e. The van der Waals surface area contributed by atoms with Crippen molar-refractivity contribution in [2.45, 2.75) is 26.7 Å². The number of carbonyl (C=O) groups is 1. The van der Waals surface area contributed by atoms with Crippen LogP contribution in [-0.4, -0.2) is 33.9 Å². The first-order valence-electron chi connectivity index (χ1n) is 7.77. The number of nitrogens with zero attached hydrogens (tertiary/aromatic N) is 2. The van der Waals surface area contributed by atoms with Crippen molar-refractivity contribution in [1.29, 1.82) is 0 Å². The Morgan fingerprint density at radius 3 is 2.67 bits per heavy atom. The first-order valence-corrected chi connectivity index (χ1v) is 7.77. The molecule has 1 fully saturated rings. The van der Waals surface area contributed by atoms with Crippen LogP contribution in [0.15, 0.2) is 18.2 Å². The van der Waals surface area contributed by atoms with E-state index in [2.05, 4.69) is 10.4 Å². The van der Waals surface area contributed by atoms with E-state index in [1.807, 2.05) is 0 Å². The topological polar surface area (TPSA) is 67.2 Å². The van der Waals surface area contributed by atoms with Crippen molar-refractivity contribution in [2.75, 3.05) is 13.2 Å². The molecule has 128 valence electrons. The highest BCUT2D eigenvalue weighted by Crippen LogP contribution is 2.44. The van der Waals surface area contributed by atoms with Gasteiger partial charge < -0.3 is 10.4 Å². The first-order chi connectivity index (χ1) is 11.4. The van der Waals surface area contributed by atoms with Crippen molar-refractivity contribution in [1.82, 2.24) is 15.1 Å². The Morgan fingerprint density at radius 2 is 2.08 bits per heavy atom. The lowest BCUT2D eigenvalue weighted by molar-refractivity contribution is 0.0934. The third kappa shape index (κ3) is 2.91. The number of halogens is 2. The molecule has 0 spiro atoms. The van der Waals surface area contributed by atoms with Gasteiger partial charge in [0, 0.05) is 18.0 Å². The fourth-order valence-electron chi connectivity index (χ4n) is 2.78. The lowest BCUT2D eigenvalue weighted by Crippen LogP contribution is -2.32. The molecule has 0 unspecified atom stereocenters. The number of benzene rings is 1. The third-order valence-corrected chi connectivity index (χ3v) is 4.57. The Hall–Kier alpha value is -2.28. The van der Waals surface area contributed by atoms with Gasteiger partial charge in [0.25, 0.3) is 5.91 Å². The summed E-state index contributed by atoms with van der Waals surface area (Å²) in [6.45, 7) is 3.78. The minimum absolute atomic E-state index is 0.0469. The summed E-state index contributed by atoms with van der Waals surface area (Å²) in [5, 5.41) is 16.3. The van der Waals surface area contributed by atoms with Crippen LogP contribution in [0.25, 0.3) is 5.69 Å². The summed E-state index contributed by atoms with van der Waals surface area (Å²) in [5.74, 6) is -1.72. The van der Waals surface area contributed by atoms with Gasteiger partial charge in [-0.05, 0) is 38.8 Å². The van der Waals surface area contributed by atoms with Crippen molar-refractivity contribution in [3.05, 3.63) is 46.8 Å². The SMILES string of the molecule is Cc1nn(-c2ccc(F)cc2F)c(C)c1C(=O)NCC1(CO)CC1. The largest absolute Gasteiger partial charge is 0.396 e. The highest BCUT2D eigenvalue weighted by atomic mass is 19.1. The molecule has 3 rings (SSSR count). The number of rotatable bonds is 5. The summed E-state index contributed by atoms with van der Waals surface area (Å²) in [7, 11) is 0. The molecule has 1 heterocycles. The van der Waals surface area contributed by atoms with Crippen LogP contribution in [0.5, 0.6) is 0 Å². The van der Waals surface area contributed by atoms with E-state index in [1.165, 1.54) is 10.7 Å². The van der Waals surface area contributed by atoms with Gasteiger partial charge in [0.1, 0.15) is 11.5 Å². The van der Waals surface area contributed by atoms with Gasteiger partial charge in [-0.15, -0.1) is 0 Å². The van der Waals surface area contributed by atoms with Crippen molar-refractivity contribution >= 4 is 5.91 Å². The third-order valence-electron chi connectivity index (χ3n) is 4.57. The predicted octanol–water partition coefficient (Wildman–Crippen LogP) is 2.27. The summed E-state index contributed by atoms with van der Waals surface area (Å²) in [5.41, 5.74) is 1.20. The number of aromatic nitrogens is 2. The van der Waals surface area contributed by atoms with E-state index in [1.54, 1.807) is 13.8 Å². The van der Waals surface area contributed by atoms with E-state index in [-0.39, 0.29) is 23.6 Å². The number of hydrogen-bond donors (Lipinski definition) is 2. The first kappa shape index (κ1) is 16.6. The van der Waals surface area contributed by atoms with Gasteiger partial charge in [-0.1, -0.05) is 0 Å². The van der Waals surface area contributed by atoms with Crippen LogP contribution in [0.4, 0.5) is 8.78 Å². The van der Waals surface area contributed by atoms with Crippen molar-refractivity contribution in [2.24, 2.45) is 5.41 Å². The Labute approximate surface area is 138 Å². The molecule has 1 aromatic heterocycles. The van der Waals surface area contributed by atoms with Crippen LogP contribution < -0.4 is 5.32 Å². The molecule has 2 aromatic rings. The van der Waals surface area contributed by atoms with E-state index in [0.717, 1.165) is 25.0 Å². The Kier molecular flexibility index (Phi) is 4.13. The molecule has 0 bridgehead atoms. The standard InChI is InChI=1S/C17H19F2N3O2/c1-10-15(16(24)20-8-17(9-23)5-6-17)11(2)22(21-10)14-4-3-12(18)7-13(14)19/h3-4,7,23H,5-6,8-9H2,1-2H3,(H,20,24). The van der Waals surface area contributed by atoms with Gasteiger partial charge >= 0.3 is 0 Å². The fourth-order valence-corrected chi connectivity index (χ4v) is 2.78. The molecule has 0 aliphatic heterocycles. The lowest BCUT2D eigenvalue weighted by Gasteiger charge is -2.13. The Bertz CT molecular complexity index is 797. The number of hydrogen-bond acceptors (Lipinski definition) is 3. The maximum atomic E-state index is 14.0. The number of aryl methyl sites for hydroxylation is 1. The molecule has 0 saturated heterocycles. The van der Waals surface area contributed by atoms with Crippen molar-refractivity contribution in [3.8, 4) is 5.69 Å². The molecule has 1 aliphatic carbocycles. The molecule has 0 radical (unpaired) electrons. The second-order valence-electron chi connectivity index (χ2n) is 6.39. The minimum Gasteiger partial charge on any atom is -0.396 e. The second-order valence-corrected chi connectivity index (χ2v) is 6.39. The van der Waals surface area contributed by atoms with Crippen LogP contribution in [0.2, 0.25) is 0 Å². The lowest BCUT2D eigenvalue weighted by atomic mass is 10.1. The van der Waals surface area contributed by atoms with Gasteiger partial charge in [0.15, 0.2) is 5.82 Å². The molecule has 7 heteroatoms. The Balaban J connectivity index is 1.87. The monoisotopic (exact) mass is 335 g/mol. The highest BCUT2D eigenvalue weighted by molar-refractivity contribution is 5.96. The van der Waals surface area contributed by atoms with Crippen molar-refractivity contribution in [3.63, 3.8) is 0 Å². The maximum absolute atomic E-state index is 14.0. The molecule has 1 aromatic carbocycles. The van der Waals surface area contributed by atoms with Gasteiger partial charge in [0.2, 0.25) is 0 Å². The Morgan fingerprint density at radius 1 is 1.38 bits per heavy atom. The summed E-state index contributed by atoms with van der Waals surface area (Å²) >= 11 is 0. The molecule has 1 saturated carbocycles. The van der Waals surface area contributed by atoms with Crippen molar-refractivity contribution < 1.29 is 18.7 Å². The molecule has 0 atom stereocenters. The zero-order valence-corrected chi connectivity index (χ0v) is 13.6. The zero-order valence-electron chi connectivity index (χ0n) is 13.6. The summed E-state index contributed by atoms with van der Waals surface area (Å²) in [4.78, 5) is 12.5. The van der Waals surface area contributed by atoms with E-state index in [0.29, 0.717) is 23.5 Å². The summed E-state index contributed by atoms with van der Waals surface area (Å²) in [6.07, 6.45) is 1.78. The number of aliphatic hydroxyl groups excluding tert-OH is 1. The van der Waals surface area contributed by atoms with Crippen LogP contribution in [-0.2, 0) is 0 Å². The molecule has 1 aliphatic rings. The molecular weight excluding hydrogens is 316 g/mol. The van der Waals surface area contributed by atoms with E-state index in [9.17, 15) is 18.7 Å². The molecule has 24 heavy (non-hydrogen) atoms. The van der Waals surface area contributed by atoms with E-state index >= 15 is 0 Å². The van der Waals surface area contributed by atoms with Gasteiger partial charge in [-0.25, -0.2) is 13.5 Å². The van der Waals surface area contributed by atoms with Gasteiger partial charge in [-0.3, -0.25) is 4.79 Å². The molecule has 2 N–H and O–H groups in total. The minimum atomic E-state index is -0.746. The predicted molar refractivity (Wildman–Crippen MR) is 84.0 cm³/mol. The number of amides is 1. The molecule has 1 amide bonds. The molecule has 5 nitrogen and oxygen atoms in total. The van der Waals surface area contributed by atoms with Crippen LogP contribution in [0.1, 0.15) is 34.6 Å². The zero-order chi connectivity index (χ0) is 17.5. The highest BCUT2D eigenvalue weighted by Gasteiger charge is 2.42. The maximum Gasteiger partial charge on any atom is 0.255 e. The number of aliphatic hydroxyl groups is 1. The normalized spacial score (nSPS) is 15.4. The number of carbonyl (C=O) groups excluding carboxylic acids is 1. The quantitative estimate of drug-likeness (QED) is 0.881. The number of nitrogens with one attached hydrogen (secondary N) is 1. The van der Waals surface area contributed by atoms with Crippen LogP contribution >= 0.6 is 0 Å². The van der Waals surface area contributed by atoms with Crippen LogP contribution in [0, 0.1) is 30.9 Å². The molecular formula is C17H19F2N3O2. The second kappa shape index (κ2) is 5.98.